The van der Waals surface area contributed by atoms with Crippen LogP contribution in [-0.4, -0.2) is 52.9 Å². The molecule has 3 aromatic heterocycles. The van der Waals surface area contributed by atoms with Gasteiger partial charge in [0.15, 0.2) is 0 Å². The van der Waals surface area contributed by atoms with E-state index in [0.717, 1.165) is 22.2 Å². The van der Waals surface area contributed by atoms with Crippen LogP contribution in [0.5, 0.6) is 0 Å². The topological polar surface area (TPSA) is 263 Å². The number of fused-ring (bicyclic) bond motifs is 3. The van der Waals surface area contributed by atoms with Crippen LogP contribution in [0.1, 0.15) is 11.1 Å². The average Bonchev–Trinajstić information content (AvgIpc) is 3.64. The first-order chi connectivity index (χ1) is 22.6. The molecule has 0 bridgehead atoms. The minimum absolute atomic E-state index is 0.00301. The summed E-state index contributed by atoms with van der Waals surface area (Å²) in [5.74, 6) is -2.15. The van der Waals surface area contributed by atoms with Crippen LogP contribution in [0.2, 0.25) is 0 Å². The molecule has 6 rings (SSSR count). The first-order valence-corrected chi connectivity index (χ1v) is 14.7. The fraction of sp³-hybridized carbons (Fsp3) is 0.212. The summed E-state index contributed by atoms with van der Waals surface area (Å²) in [6.45, 7) is 0. The first-order valence-electron chi connectivity index (χ1n) is 14.7. The lowest BCUT2D eigenvalue weighted by molar-refractivity contribution is -0.382. The second kappa shape index (κ2) is 14.1. The number of nitro groups is 1. The number of anilines is 3. The van der Waals surface area contributed by atoms with E-state index in [0.29, 0.717) is 28.6 Å². The zero-order chi connectivity index (χ0) is 35.4. The molecule has 6 aromatic rings. The van der Waals surface area contributed by atoms with E-state index in [1.807, 2.05) is 67.5 Å². The van der Waals surface area contributed by atoms with E-state index in [-0.39, 0.29) is 17.8 Å². The molecule has 0 radical (unpaired) electrons. The summed E-state index contributed by atoms with van der Waals surface area (Å²) in [4.78, 5) is 32.2. The molecule has 15 heteroatoms. The van der Waals surface area contributed by atoms with Crippen molar-refractivity contribution < 1.29 is 24.7 Å². The van der Waals surface area contributed by atoms with Crippen molar-refractivity contribution in [1.82, 2.24) is 13.7 Å². The normalized spacial score (nSPS) is 12.2. The van der Waals surface area contributed by atoms with Gasteiger partial charge in [-0.2, -0.15) is 0 Å². The third-order valence-electron chi connectivity index (χ3n) is 7.94. The third kappa shape index (κ3) is 7.49. The number of benzene rings is 3. The zero-order valence-electron chi connectivity index (χ0n) is 26.7. The highest BCUT2D eigenvalue weighted by Gasteiger charge is 2.24. The van der Waals surface area contributed by atoms with Gasteiger partial charge in [0, 0.05) is 85.8 Å². The van der Waals surface area contributed by atoms with Crippen molar-refractivity contribution in [3.8, 4) is 0 Å². The monoisotopic (exact) mass is 657 g/mol. The minimum Gasteiger partial charge on any atom is -0.480 e. The lowest BCUT2D eigenvalue weighted by Crippen LogP contribution is -2.32. The Kier molecular flexibility index (Phi) is 10.3. The second-order valence-electron chi connectivity index (χ2n) is 11.5. The summed E-state index contributed by atoms with van der Waals surface area (Å²) in [5.41, 5.74) is 33.6. The number of nitrogens with zero attached hydrogens (tertiary/aromatic N) is 4. The Morgan fingerprint density at radius 1 is 0.750 bits per heavy atom. The number of hydrogen-bond donors (Lipinski definition) is 7. The van der Waals surface area contributed by atoms with Gasteiger partial charge in [0.1, 0.15) is 17.8 Å². The molecule has 0 saturated heterocycles. The van der Waals surface area contributed by atoms with Gasteiger partial charge in [0.25, 0.3) is 0 Å². The van der Waals surface area contributed by atoms with E-state index in [2.05, 4.69) is 10.6 Å². The van der Waals surface area contributed by atoms with Gasteiger partial charge in [-0.3, -0.25) is 19.7 Å². The standard InChI is InChI=1S/C12H14N4O4.C12H15N3O2.C9H10N2/c1-15-5-6(4-8(14)12(17)18)10-9(15)3-2-7(13)11(10)16(19)20;1-15-6-7(4-10(14)12(16)17)9-5-8(13)2-3-11(9)15;1-11-5-4-7-6-8(10)2-3-9(7)11/h2-3,5,8H,4,13-14H2,1H3,(H,17,18);2-3,5-6,10H,4,13-14H2,1H3,(H,16,17);2-6H,10H2,1H3. The highest BCUT2D eigenvalue weighted by Crippen LogP contribution is 2.35. The van der Waals surface area contributed by atoms with Crippen LogP contribution in [0.3, 0.4) is 0 Å². The number of aryl methyl sites for hydroxylation is 3. The van der Waals surface area contributed by atoms with E-state index in [1.54, 1.807) is 23.9 Å². The summed E-state index contributed by atoms with van der Waals surface area (Å²) in [6.07, 6.45) is 5.87. The predicted molar refractivity (Wildman–Crippen MR) is 187 cm³/mol. The number of hydrogen-bond acceptors (Lipinski definition) is 9. The maximum Gasteiger partial charge on any atom is 0.320 e. The Morgan fingerprint density at radius 3 is 1.88 bits per heavy atom. The van der Waals surface area contributed by atoms with Crippen molar-refractivity contribution >= 4 is 67.4 Å². The van der Waals surface area contributed by atoms with E-state index < -0.39 is 28.9 Å². The van der Waals surface area contributed by atoms with Gasteiger partial charge in [-0.15, -0.1) is 0 Å². The molecule has 0 amide bonds. The van der Waals surface area contributed by atoms with E-state index in [9.17, 15) is 19.7 Å². The molecule has 0 aliphatic heterocycles. The maximum atomic E-state index is 11.2. The lowest BCUT2D eigenvalue weighted by Gasteiger charge is -2.06. The molecule has 0 aliphatic carbocycles. The Labute approximate surface area is 274 Å². The predicted octanol–water partition coefficient (Wildman–Crippen LogP) is 3.10. The Hall–Kier alpha value is -6.06. The van der Waals surface area contributed by atoms with E-state index in [4.69, 9.17) is 38.9 Å². The molecule has 3 aromatic carbocycles. The van der Waals surface area contributed by atoms with Crippen molar-refractivity contribution in [2.24, 2.45) is 32.6 Å². The van der Waals surface area contributed by atoms with Gasteiger partial charge in [0.2, 0.25) is 0 Å². The number of rotatable bonds is 7. The van der Waals surface area contributed by atoms with Gasteiger partial charge in [-0.25, -0.2) is 0 Å². The second-order valence-corrected chi connectivity index (χ2v) is 11.5. The third-order valence-corrected chi connectivity index (χ3v) is 7.94. The van der Waals surface area contributed by atoms with E-state index in [1.165, 1.54) is 17.0 Å². The molecule has 48 heavy (non-hydrogen) atoms. The molecule has 0 spiro atoms. The van der Waals surface area contributed by atoms with Crippen molar-refractivity contribution in [3.05, 3.63) is 94.4 Å². The Morgan fingerprint density at radius 2 is 1.27 bits per heavy atom. The molecule has 2 atom stereocenters. The quantitative estimate of drug-likeness (QED) is 0.0745. The van der Waals surface area contributed by atoms with Crippen LogP contribution in [0, 0.1) is 10.1 Å². The lowest BCUT2D eigenvalue weighted by atomic mass is 10.0. The smallest absolute Gasteiger partial charge is 0.320 e. The van der Waals surface area contributed by atoms with Gasteiger partial charge in [-0.1, -0.05) is 0 Å². The molecular weight excluding hydrogens is 618 g/mol. The summed E-state index contributed by atoms with van der Waals surface area (Å²) >= 11 is 0. The zero-order valence-corrected chi connectivity index (χ0v) is 26.7. The molecular formula is C33H39N9O6. The number of carbonyl (C=O) groups is 2. The molecule has 252 valence electrons. The molecule has 3 heterocycles. The number of aliphatic carboxylic acids is 2. The van der Waals surface area contributed by atoms with Gasteiger partial charge >= 0.3 is 17.6 Å². The van der Waals surface area contributed by atoms with E-state index >= 15 is 0 Å². The fourth-order valence-corrected chi connectivity index (χ4v) is 5.53. The molecule has 0 fully saturated rings. The molecule has 12 N–H and O–H groups in total. The number of nitrogen functional groups attached to an aromatic ring is 3. The van der Waals surface area contributed by atoms with Crippen LogP contribution >= 0.6 is 0 Å². The number of nitrogens with two attached hydrogens (primary N) is 5. The average molecular weight is 658 g/mol. The summed E-state index contributed by atoms with van der Waals surface area (Å²) < 4.78 is 5.71. The highest BCUT2D eigenvalue weighted by atomic mass is 16.6. The molecule has 2 unspecified atom stereocenters. The summed E-state index contributed by atoms with van der Waals surface area (Å²) in [7, 11) is 5.66. The SMILES string of the molecule is Cn1cc(CC(N)C(=O)O)c2c([N+](=O)[O-])c(N)ccc21.Cn1cc(CC(N)C(=O)O)c2cc(N)ccc21.Cn1ccc2cc(N)ccc21. The molecule has 15 nitrogen and oxygen atoms in total. The number of carboxylic acid groups (broad SMARTS) is 2. The van der Waals surface area contributed by atoms with Crippen LogP contribution in [-0.2, 0) is 43.6 Å². The molecule has 0 saturated carbocycles. The van der Waals surface area contributed by atoms with Crippen LogP contribution in [0.15, 0.2) is 73.2 Å². The number of nitro benzene ring substituents is 1. The Bertz CT molecular complexity index is 2150. The van der Waals surface area contributed by atoms with Crippen LogP contribution in [0.4, 0.5) is 22.7 Å². The van der Waals surface area contributed by atoms with Crippen molar-refractivity contribution in [1.29, 1.82) is 0 Å². The van der Waals surface area contributed by atoms with Crippen molar-refractivity contribution in [2.75, 3.05) is 17.2 Å². The summed E-state index contributed by atoms with van der Waals surface area (Å²) in [5, 5.41) is 31.4. The van der Waals surface area contributed by atoms with Gasteiger partial charge in [0.05, 0.1) is 15.8 Å². The number of carboxylic acids is 2. The number of aromatic nitrogens is 3. The van der Waals surface area contributed by atoms with Gasteiger partial charge in [-0.05, 0) is 65.7 Å². The van der Waals surface area contributed by atoms with Crippen molar-refractivity contribution in [3.63, 3.8) is 0 Å². The first kappa shape index (κ1) is 34.8. The van der Waals surface area contributed by atoms with Gasteiger partial charge < -0.3 is 52.6 Å². The van der Waals surface area contributed by atoms with Crippen LogP contribution in [0.25, 0.3) is 32.7 Å². The molecule has 0 aliphatic rings. The van der Waals surface area contributed by atoms with Crippen LogP contribution < -0.4 is 28.7 Å². The Balaban J connectivity index is 0.000000169. The van der Waals surface area contributed by atoms with Crippen molar-refractivity contribution in [2.45, 2.75) is 24.9 Å². The highest BCUT2D eigenvalue weighted by molar-refractivity contribution is 5.98. The fourth-order valence-electron chi connectivity index (χ4n) is 5.53. The largest absolute Gasteiger partial charge is 0.480 e. The maximum absolute atomic E-state index is 11.2. The minimum atomic E-state index is -1.16. The summed E-state index contributed by atoms with van der Waals surface area (Å²) in [6, 6.07) is 14.7.